The highest BCUT2D eigenvalue weighted by molar-refractivity contribution is 6.74. The molecule has 0 aromatic heterocycles. The minimum absolute atomic E-state index is 0.114. The first-order valence-electron chi connectivity index (χ1n) is 4.85. The van der Waals surface area contributed by atoms with Crippen molar-refractivity contribution in [1.82, 2.24) is 0 Å². The fourth-order valence-electron chi connectivity index (χ4n) is 0.606. The molecule has 5 heteroatoms. The monoisotopic (exact) mass is 219 g/mol. The van der Waals surface area contributed by atoms with Gasteiger partial charge in [0.25, 0.3) is 0 Å². The fourth-order valence-corrected chi connectivity index (χ4v) is 1.70. The lowest BCUT2D eigenvalue weighted by Gasteiger charge is -2.36. The minimum Gasteiger partial charge on any atom is -0.410 e. The van der Waals surface area contributed by atoms with E-state index in [9.17, 15) is 10.1 Å². The fraction of sp³-hybridized carbons (Fsp3) is 1.00. The molecule has 0 aliphatic heterocycles. The maximum absolute atomic E-state index is 10.4. The zero-order valence-corrected chi connectivity index (χ0v) is 11.0. The van der Waals surface area contributed by atoms with Gasteiger partial charge in [0.2, 0.25) is 6.04 Å². The van der Waals surface area contributed by atoms with E-state index in [4.69, 9.17) is 4.43 Å². The smallest absolute Gasteiger partial charge is 0.232 e. The normalized spacial score (nSPS) is 15.3. The third-order valence-electron chi connectivity index (χ3n) is 2.85. The molecule has 84 valence electrons. The molecule has 1 unspecified atom stereocenters. The van der Waals surface area contributed by atoms with Gasteiger partial charge < -0.3 is 4.43 Å². The van der Waals surface area contributed by atoms with Crippen LogP contribution in [0, 0.1) is 10.1 Å². The van der Waals surface area contributed by atoms with Crippen LogP contribution in [-0.4, -0.2) is 25.9 Å². The average molecular weight is 219 g/mol. The molecule has 0 aliphatic rings. The van der Waals surface area contributed by atoms with Gasteiger partial charge in [-0.3, -0.25) is 10.1 Å². The van der Waals surface area contributed by atoms with Gasteiger partial charge in [-0.05, 0) is 18.1 Å². The zero-order valence-electron chi connectivity index (χ0n) is 9.96. The van der Waals surface area contributed by atoms with Gasteiger partial charge >= 0.3 is 0 Å². The van der Waals surface area contributed by atoms with Gasteiger partial charge in [-0.2, -0.15) is 0 Å². The summed E-state index contributed by atoms with van der Waals surface area (Å²) in [4.78, 5) is 10.1. The highest BCUT2D eigenvalue weighted by Gasteiger charge is 2.38. The Morgan fingerprint density at radius 1 is 1.43 bits per heavy atom. The van der Waals surface area contributed by atoms with Crippen molar-refractivity contribution in [1.29, 1.82) is 0 Å². The van der Waals surface area contributed by atoms with Gasteiger partial charge in [0.1, 0.15) is 6.61 Å². The molecule has 0 aromatic rings. The SMILES string of the molecule is CC(CO[Si](C)(C)C(C)(C)C)[N+](=O)[O-]. The summed E-state index contributed by atoms with van der Waals surface area (Å²) in [5.41, 5.74) is 0. The lowest BCUT2D eigenvalue weighted by Crippen LogP contribution is -2.43. The molecule has 0 saturated carbocycles. The Balaban J connectivity index is 4.20. The van der Waals surface area contributed by atoms with Crippen molar-refractivity contribution in [2.45, 2.75) is 51.9 Å². The van der Waals surface area contributed by atoms with E-state index < -0.39 is 14.4 Å². The standard InChI is InChI=1S/C9H21NO3Si/c1-8(10(11)12)7-13-14(5,6)9(2,3)4/h8H,7H2,1-6H3. The van der Waals surface area contributed by atoms with Crippen LogP contribution in [0.25, 0.3) is 0 Å². The third-order valence-corrected chi connectivity index (χ3v) is 7.35. The van der Waals surface area contributed by atoms with Crippen LogP contribution >= 0.6 is 0 Å². The Labute approximate surface area is 86.9 Å². The molecule has 0 radical (unpaired) electrons. The van der Waals surface area contributed by atoms with Gasteiger partial charge in [-0.25, -0.2) is 0 Å². The molecule has 4 nitrogen and oxygen atoms in total. The van der Waals surface area contributed by atoms with Crippen LogP contribution in [0.1, 0.15) is 27.7 Å². The summed E-state index contributed by atoms with van der Waals surface area (Å²) in [5.74, 6) is 0. The van der Waals surface area contributed by atoms with Gasteiger partial charge in [0.15, 0.2) is 8.32 Å². The highest BCUT2D eigenvalue weighted by Crippen LogP contribution is 2.36. The Morgan fingerprint density at radius 3 is 2.14 bits per heavy atom. The molecule has 1 atom stereocenters. The third kappa shape index (κ3) is 3.75. The van der Waals surface area contributed by atoms with Crippen molar-refractivity contribution in [2.75, 3.05) is 6.61 Å². The molecule has 0 heterocycles. The second-order valence-electron chi connectivity index (χ2n) is 5.21. The van der Waals surface area contributed by atoms with Crippen molar-refractivity contribution in [3.8, 4) is 0 Å². The summed E-state index contributed by atoms with van der Waals surface area (Å²) in [6.07, 6.45) is 0. The number of rotatable bonds is 4. The molecule has 0 saturated heterocycles. The van der Waals surface area contributed by atoms with E-state index in [-0.39, 0.29) is 16.6 Å². The molecule has 0 aliphatic carbocycles. The van der Waals surface area contributed by atoms with E-state index in [0.29, 0.717) is 0 Å². The summed E-state index contributed by atoms with van der Waals surface area (Å²) in [5, 5.41) is 10.5. The molecule has 14 heavy (non-hydrogen) atoms. The topological polar surface area (TPSA) is 52.4 Å². The Kier molecular flexibility index (Phi) is 4.27. The molecular formula is C9H21NO3Si. The predicted molar refractivity (Wildman–Crippen MR) is 59.6 cm³/mol. The van der Waals surface area contributed by atoms with Crippen LogP contribution in [0.5, 0.6) is 0 Å². The minimum atomic E-state index is -1.82. The number of hydrogen-bond acceptors (Lipinski definition) is 3. The molecule has 0 amide bonds. The van der Waals surface area contributed by atoms with Crippen LogP contribution in [-0.2, 0) is 4.43 Å². The van der Waals surface area contributed by atoms with Crippen molar-refractivity contribution < 1.29 is 9.35 Å². The van der Waals surface area contributed by atoms with E-state index in [1.165, 1.54) is 0 Å². The second kappa shape index (κ2) is 4.40. The van der Waals surface area contributed by atoms with Crippen molar-refractivity contribution in [2.24, 2.45) is 0 Å². The van der Waals surface area contributed by atoms with Crippen molar-refractivity contribution >= 4 is 8.32 Å². The van der Waals surface area contributed by atoms with E-state index in [1.54, 1.807) is 6.92 Å². The first-order valence-corrected chi connectivity index (χ1v) is 7.76. The maximum atomic E-state index is 10.4. The molecule has 0 N–H and O–H groups in total. The van der Waals surface area contributed by atoms with Gasteiger partial charge in [-0.1, -0.05) is 20.8 Å². The van der Waals surface area contributed by atoms with Gasteiger partial charge in [0, 0.05) is 11.8 Å². The Bertz CT molecular complexity index is 211. The lowest BCUT2D eigenvalue weighted by atomic mass is 10.2. The van der Waals surface area contributed by atoms with Crippen LogP contribution in [0.2, 0.25) is 18.1 Å². The van der Waals surface area contributed by atoms with E-state index in [1.807, 2.05) is 0 Å². The first kappa shape index (κ1) is 13.6. The van der Waals surface area contributed by atoms with Gasteiger partial charge in [-0.15, -0.1) is 0 Å². The van der Waals surface area contributed by atoms with Crippen LogP contribution in [0.15, 0.2) is 0 Å². The van der Waals surface area contributed by atoms with E-state index >= 15 is 0 Å². The molecule has 0 spiro atoms. The summed E-state index contributed by atoms with van der Waals surface area (Å²) < 4.78 is 5.71. The lowest BCUT2D eigenvalue weighted by molar-refractivity contribution is -0.520. The molecule has 0 bridgehead atoms. The molecule has 0 rings (SSSR count). The Hall–Kier alpha value is -0.423. The molecule has 0 aromatic carbocycles. The molecular weight excluding hydrogens is 198 g/mol. The number of nitro groups is 1. The maximum Gasteiger partial charge on any atom is 0.232 e. The summed E-state index contributed by atoms with van der Waals surface area (Å²) in [6.45, 7) is 12.4. The predicted octanol–water partition coefficient (Wildman–Crippen LogP) is 2.67. The van der Waals surface area contributed by atoms with E-state index in [0.717, 1.165) is 0 Å². The summed E-state index contributed by atoms with van der Waals surface area (Å²) in [6, 6.07) is -0.607. The quantitative estimate of drug-likeness (QED) is 0.415. The summed E-state index contributed by atoms with van der Waals surface area (Å²) >= 11 is 0. The van der Waals surface area contributed by atoms with Gasteiger partial charge in [0.05, 0.1) is 0 Å². The van der Waals surface area contributed by atoms with E-state index in [2.05, 4.69) is 33.9 Å². The summed E-state index contributed by atoms with van der Waals surface area (Å²) in [7, 11) is -1.82. The highest BCUT2D eigenvalue weighted by atomic mass is 28.4. The van der Waals surface area contributed by atoms with Crippen LogP contribution in [0.4, 0.5) is 0 Å². The Morgan fingerprint density at radius 2 is 1.86 bits per heavy atom. The number of hydrogen-bond donors (Lipinski definition) is 0. The van der Waals surface area contributed by atoms with Crippen LogP contribution in [0.3, 0.4) is 0 Å². The first-order chi connectivity index (χ1) is 6.08. The largest absolute Gasteiger partial charge is 0.410 e. The molecule has 0 fully saturated rings. The zero-order chi connectivity index (χ0) is 11.6. The van der Waals surface area contributed by atoms with Crippen LogP contribution < -0.4 is 0 Å². The van der Waals surface area contributed by atoms with Crippen molar-refractivity contribution in [3.63, 3.8) is 0 Å². The van der Waals surface area contributed by atoms with Crippen molar-refractivity contribution in [3.05, 3.63) is 10.1 Å². The number of nitrogens with zero attached hydrogens (tertiary/aromatic N) is 1. The second-order valence-corrected chi connectivity index (χ2v) is 10.0. The average Bonchev–Trinajstić information content (AvgIpc) is 1.97.